The molecule has 9 nitrogen and oxygen atoms in total. The summed E-state index contributed by atoms with van der Waals surface area (Å²) in [6, 6.07) is 2.96. The van der Waals surface area contributed by atoms with E-state index in [0.717, 1.165) is 0 Å². The fourth-order valence-electron chi connectivity index (χ4n) is 2.49. The zero-order valence-corrected chi connectivity index (χ0v) is 17.0. The quantitative estimate of drug-likeness (QED) is 0.547. The molecule has 0 aliphatic carbocycles. The molecule has 3 aromatic rings. The Morgan fingerprint density at radius 3 is 2.86 bits per heavy atom. The second-order valence-corrected chi connectivity index (χ2v) is 6.94. The van der Waals surface area contributed by atoms with Crippen LogP contribution in [0, 0.1) is 0 Å². The van der Waals surface area contributed by atoms with Crippen LogP contribution in [0.3, 0.4) is 0 Å². The first kappa shape index (κ1) is 20.6. The molecule has 0 saturated heterocycles. The molecule has 0 aliphatic rings. The van der Waals surface area contributed by atoms with Gasteiger partial charge in [0.05, 0.1) is 42.2 Å². The van der Waals surface area contributed by atoms with Gasteiger partial charge in [0, 0.05) is 24.7 Å². The van der Waals surface area contributed by atoms with E-state index in [1.807, 2.05) is 13.8 Å². The Bertz CT molecular complexity index is 964. The molecule has 152 valence electrons. The molecule has 29 heavy (non-hydrogen) atoms. The summed E-state index contributed by atoms with van der Waals surface area (Å²) < 4.78 is 10.9. The Balaban J connectivity index is 1.76. The van der Waals surface area contributed by atoms with Crippen molar-refractivity contribution in [2.24, 2.45) is 0 Å². The maximum absolute atomic E-state index is 12.8. The molecule has 0 spiro atoms. The van der Waals surface area contributed by atoms with Gasteiger partial charge in [-0.3, -0.25) is 14.8 Å². The van der Waals surface area contributed by atoms with Crippen molar-refractivity contribution in [1.82, 2.24) is 25.3 Å². The molecule has 0 saturated carbocycles. The van der Waals surface area contributed by atoms with Crippen LogP contribution in [-0.4, -0.2) is 45.7 Å². The number of thiazole rings is 1. The molecule has 3 N–H and O–H groups in total. The Morgan fingerprint density at radius 1 is 1.24 bits per heavy atom. The lowest BCUT2D eigenvalue weighted by molar-refractivity contribution is 0.0853. The van der Waals surface area contributed by atoms with Gasteiger partial charge >= 0.3 is 0 Å². The Morgan fingerprint density at radius 2 is 2.10 bits per heavy atom. The second-order valence-electron chi connectivity index (χ2n) is 5.90. The predicted molar refractivity (Wildman–Crippen MR) is 110 cm³/mol. The van der Waals surface area contributed by atoms with E-state index in [9.17, 15) is 4.79 Å². The van der Waals surface area contributed by atoms with E-state index in [1.54, 1.807) is 36.9 Å². The number of nitrogens with one attached hydrogen (secondary N) is 1. The highest BCUT2D eigenvalue weighted by molar-refractivity contribution is 7.16. The first-order valence-electron chi connectivity index (χ1n) is 9.11. The maximum atomic E-state index is 12.8. The number of pyridine rings is 1. The molecule has 1 atom stereocenters. The van der Waals surface area contributed by atoms with E-state index < -0.39 is 6.04 Å². The lowest BCUT2D eigenvalue weighted by Crippen LogP contribution is -2.32. The van der Waals surface area contributed by atoms with Gasteiger partial charge in [0.25, 0.3) is 5.91 Å². The number of carbonyl (C=O) groups excluding carboxylic acids is 1. The molecule has 3 aromatic heterocycles. The largest absolute Gasteiger partial charge is 0.477 e. The molecule has 3 rings (SSSR count). The van der Waals surface area contributed by atoms with Gasteiger partial charge in [-0.05, 0) is 26.0 Å². The number of amides is 1. The van der Waals surface area contributed by atoms with E-state index in [-0.39, 0.29) is 12.5 Å². The maximum Gasteiger partial charge on any atom is 0.280 e. The number of nitrogen functional groups attached to an aromatic ring is 1. The number of aromatic nitrogens is 4. The highest BCUT2D eigenvalue weighted by Gasteiger charge is 2.20. The molecule has 0 bridgehead atoms. The van der Waals surface area contributed by atoms with Crippen molar-refractivity contribution < 1.29 is 14.3 Å². The topological polar surface area (TPSA) is 125 Å². The van der Waals surface area contributed by atoms with Crippen molar-refractivity contribution in [3.05, 3.63) is 47.6 Å². The zero-order chi connectivity index (χ0) is 20.6. The lowest BCUT2D eigenvalue weighted by atomic mass is 10.2. The van der Waals surface area contributed by atoms with Crippen LogP contribution in [0.4, 0.5) is 5.69 Å². The van der Waals surface area contributed by atoms with Crippen molar-refractivity contribution >= 4 is 22.9 Å². The number of hydrogen-bond acceptors (Lipinski definition) is 9. The summed E-state index contributed by atoms with van der Waals surface area (Å²) in [6.07, 6.45) is 6.34. The molecular formula is C19H22N6O3S. The summed E-state index contributed by atoms with van der Waals surface area (Å²) in [4.78, 5) is 30.5. The van der Waals surface area contributed by atoms with E-state index in [0.29, 0.717) is 46.1 Å². The number of anilines is 1. The molecular weight excluding hydrogens is 392 g/mol. The van der Waals surface area contributed by atoms with Gasteiger partial charge in [0.15, 0.2) is 5.01 Å². The molecule has 1 amide bonds. The minimum atomic E-state index is -0.445. The SMILES string of the molecule is CCOCC(NC(=O)c1ncc(-c2cncc(OCC)n2)s1)c1cc(N)ccn1. The Kier molecular flexibility index (Phi) is 7.04. The van der Waals surface area contributed by atoms with Crippen LogP contribution in [0.5, 0.6) is 5.88 Å². The van der Waals surface area contributed by atoms with E-state index in [1.165, 1.54) is 11.3 Å². The molecule has 0 radical (unpaired) electrons. The first-order valence-corrected chi connectivity index (χ1v) is 9.93. The number of carbonyl (C=O) groups is 1. The fourth-order valence-corrected chi connectivity index (χ4v) is 3.27. The molecule has 10 heteroatoms. The molecule has 0 aliphatic heterocycles. The van der Waals surface area contributed by atoms with Crippen molar-refractivity contribution in [1.29, 1.82) is 0 Å². The Labute approximate surface area is 172 Å². The number of nitrogens with zero attached hydrogens (tertiary/aromatic N) is 4. The van der Waals surface area contributed by atoms with E-state index in [2.05, 4.69) is 25.3 Å². The van der Waals surface area contributed by atoms with Crippen LogP contribution in [0.15, 0.2) is 36.9 Å². The van der Waals surface area contributed by atoms with Crippen molar-refractivity contribution in [2.45, 2.75) is 19.9 Å². The van der Waals surface area contributed by atoms with Gasteiger partial charge in [0.1, 0.15) is 5.69 Å². The van der Waals surface area contributed by atoms with Gasteiger partial charge in [-0.2, -0.15) is 0 Å². The van der Waals surface area contributed by atoms with Crippen LogP contribution in [0.1, 0.15) is 35.4 Å². The number of rotatable bonds is 9. The molecule has 1 unspecified atom stereocenters. The van der Waals surface area contributed by atoms with Gasteiger partial charge < -0.3 is 20.5 Å². The summed E-state index contributed by atoms with van der Waals surface area (Å²) in [5.41, 5.74) is 7.62. The minimum Gasteiger partial charge on any atom is -0.477 e. The van der Waals surface area contributed by atoms with Gasteiger partial charge in [0.2, 0.25) is 5.88 Å². The van der Waals surface area contributed by atoms with Crippen LogP contribution in [-0.2, 0) is 4.74 Å². The van der Waals surface area contributed by atoms with Crippen LogP contribution < -0.4 is 15.8 Å². The predicted octanol–water partition coefficient (Wildman–Crippen LogP) is 2.48. The van der Waals surface area contributed by atoms with Crippen LogP contribution in [0.2, 0.25) is 0 Å². The molecule has 0 fully saturated rings. The van der Waals surface area contributed by atoms with E-state index in [4.69, 9.17) is 15.2 Å². The van der Waals surface area contributed by atoms with Crippen molar-refractivity contribution in [3.8, 4) is 16.5 Å². The summed E-state index contributed by atoms with van der Waals surface area (Å²) >= 11 is 1.22. The third-order valence-electron chi connectivity index (χ3n) is 3.81. The summed E-state index contributed by atoms with van der Waals surface area (Å²) in [5, 5.41) is 3.21. The zero-order valence-electron chi connectivity index (χ0n) is 16.2. The molecule has 0 aromatic carbocycles. The summed E-state index contributed by atoms with van der Waals surface area (Å²) in [6.45, 7) is 5.05. The smallest absolute Gasteiger partial charge is 0.280 e. The normalized spacial score (nSPS) is 11.8. The summed E-state index contributed by atoms with van der Waals surface area (Å²) in [7, 11) is 0. The number of ether oxygens (including phenoxy) is 2. The lowest BCUT2D eigenvalue weighted by Gasteiger charge is -2.17. The molecule has 3 heterocycles. The van der Waals surface area contributed by atoms with Gasteiger partial charge in [-0.15, -0.1) is 11.3 Å². The number of hydrogen-bond donors (Lipinski definition) is 2. The third-order valence-corrected chi connectivity index (χ3v) is 4.83. The summed E-state index contributed by atoms with van der Waals surface area (Å²) in [5.74, 6) is 0.0954. The Hall–Kier alpha value is -3.11. The van der Waals surface area contributed by atoms with Crippen molar-refractivity contribution in [3.63, 3.8) is 0 Å². The average Bonchev–Trinajstić information content (AvgIpc) is 3.22. The van der Waals surface area contributed by atoms with Crippen molar-refractivity contribution in [2.75, 3.05) is 25.6 Å². The monoisotopic (exact) mass is 414 g/mol. The highest BCUT2D eigenvalue weighted by atomic mass is 32.1. The van der Waals surface area contributed by atoms with Gasteiger partial charge in [-0.1, -0.05) is 0 Å². The first-order chi connectivity index (χ1) is 14.1. The second kappa shape index (κ2) is 9.89. The average molecular weight is 414 g/mol. The van der Waals surface area contributed by atoms with Gasteiger partial charge in [-0.25, -0.2) is 9.97 Å². The third kappa shape index (κ3) is 5.46. The van der Waals surface area contributed by atoms with Crippen LogP contribution >= 0.6 is 11.3 Å². The highest BCUT2D eigenvalue weighted by Crippen LogP contribution is 2.26. The van der Waals surface area contributed by atoms with E-state index >= 15 is 0 Å². The minimum absolute atomic E-state index is 0.277. The standard InChI is InChI=1S/C19H22N6O3S/c1-3-27-11-15(13-7-12(20)5-6-22-13)25-18(26)19-23-9-16(29-19)14-8-21-10-17(24-14)28-4-2/h5-10,15H,3-4,11H2,1-2H3,(H2,20,22)(H,25,26). The number of nitrogens with two attached hydrogens (primary N) is 1. The fraction of sp³-hybridized carbons (Fsp3) is 0.316. The van der Waals surface area contributed by atoms with Crippen LogP contribution in [0.25, 0.3) is 10.6 Å².